The fraction of sp³-hybridized carbons (Fsp3) is 0.113. The van der Waals surface area contributed by atoms with E-state index in [0.717, 1.165) is 52.6 Å². The summed E-state index contributed by atoms with van der Waals surface area (Å²) in [6, 6.07) is 54.7. The lowest BCUT2D eigenvalue weighted by atomic mass is 9.89. The van der Waals surface area contributed by atoms with E-state index in [1.54, 1.807) is 6.07 Å². The molecule has 15 rings (SSSR count). The summed E-state index contributed by atoms with van der Waals surface area (Å²) in [5, 5.41) is 6.38. The van der Waals surface area contributed by atoms with Crippen LogP contribution in [0.3, 0.4) is 0 Å². The maximum atomic E-state index is 8.22. The first-order valence-corrected chi connectivity index (χ1v) is 20.4. The Morgan fingerprint density at radius 3 is 1.93 bits per heavy atom. The van der Waals surface area contributed by atoms with Crippen LogP contribution in [0.15, 0.2) is 152 Å². The molecule has 4 aromatic heterocycles. The molecule has 4 heterocycles. The van der Waals surface area contributed by atoms with Crippen LogP contribution >= 0.6 is 11.3 Å². The molecule has 4 heteroatoms. The highest BCUT2D eigenvalue weighted by atomic mass is 32.1. The molecular weight excluding hydrogens is 711 g/mol. The van der Waals surface area contributed by atoms with Gasteiger partial charge in [-0.05, 0) is 133 Å². The molecule has 0 N–H and O–H groups in total. The molecule has 0 aliphatic heterocycles. The van der Waals surface area contributed by atoms with Crippen molar-refractivity contribution < 1.29 is 8.22 Å². The van der Waals surface area contributed by atoms with Gasteiger partial charge >= 0.3 is 0 Å². The van der Waals surface area contributed by atoms with Crippen LogP contribution in [0.5, 0.6) is 0 Å². The van der Waals surface area contributed by atoms with E-state index >= 15 is 0 Å². The molecule has 0 spiro atoms. The van der Waals surface area contributed by atoms with Crippen molar-refractivity contribution in [1.82, 2.24) is 14.1 Å². The number of nitrogens with zero attached hydrogens (tertiary/aromatic N) is 3. The van der Waals surface area contributed by atoms with E-state index in [1.807, 2.05) is 6.07 Å². The first-order chi connectivity index (χ1) is 30.5. The Balaban J connectivity index is 0.977. The van der Waals surface area contributed by atoms with Gasteiger partial charge in [0.15, 0.2) is 0 Å². The molecular formula is C53H39N3S. The van der Waals surface area contributed by atoms with Gasteiger partial charge in [0.25, 0.3) is 0 Å². The van der Waals surface area contributed by atoms with Crippen molar-refractivity contribution in [3.05, 3.63) is 185 Å². The summed E-state index contributed by atoms with van der Waals surface area (Å²) in [5.41, 5.74) is 13.9. The summed E-state index contributed by atoms with van der Waals surface area (Å²) in [4.78, 5) is 4.19. The SMILES string of the molecule is [2H]C([2H])([2H])c1cc2c(sc3ccc(-c4cc5ccc4CCc4ccc(cc4-n4c6ccccc6c6cc(-n7c8ccccc8c8ccccc87)ccc64)CC5)cc32)c(C([2H])([2H])[2H])n1. The van der Waals surface area contributed by atoms with Crippen molar-refractivity contribution in [2.24, 2.45) is 0 Å². The van der Waals surface area contributed by atoms with Crippen molar-refractivity contribution in [1.29, 1.82) is 0 Å². The maximum Gasteiger partial charge on any atom is 0.0568 e. The summed E-state index contributed by atoms with van der Waals surface area (Å²) < 4.78 is 55.2. The van der Waals surface area contributed by atoms with Crippen LogP contribution < -0.4 is 0 Å². The smallest absolute Gasteiger partial charge is 0.0568 e. The third-order valence-electron chi connectivity index (χ3n) is 12.2. The maximum absolute atomic E-state index is 8.22. The highest BCUT2D eigenvalue weighted by Gasteiger charge is 2.20. The minimum Gasteiger partial charge on any atom is -0.309 e. The average Bonchev–Trinajstić information content (AvgIpc) is 3.93. The number of benzene rings is 7. The summed E-state index contributed by atoms with van der Waals surface area (Å²) in [6.07, 6.45) is 3.35. The molecule has 4 aliphatic carbocycles. The van der Waals surface area contributed by atoms with Crippen molar-refractivity contribution in [3.8, 4) is 22.5 Å². The van der Waals surface area contributed by atoms with Gasteiger partial charge in [0.1, 0.15) is 0 Å². The third kappa shape index (κ3) is 5.07. The van der Waals surface area contributed by atoms with Crippen LogP contribution in [0.2, 0.25) is 0 Å². The standard InChI is InChI=1S/C53H39N3S/c1-32-27-46-45-30-38(23-26-52(45)57-53(46)33(2)54-32)43-28-34-15-16-35-18-20-37(22-21-36(43)19-17-34)51(29-35)56-49-14-8-5-11-42(49)44-31-39(24-25-50(44)56)55-47-12-6-3-9-40(47)41-10-4-7-13-48(41)55/h3-14,17-20,23-31H,15-16,21-22H2,1-2H3/i1D3,2D3. The monoisotopic (exact) mass is 755 g/mol. The summed E-state index contributed by atoms with van der Waals surface area (Å²) in [7, 11) is 0. The Morgan fingerprint density at radius 2 is 1.18 bits per heavy atom. The Morgan fingerprint density at radius 1 is 0.509 bits per heavy atom. The second-order valence-corrected chi connectivity index (χ2v) is 16.5. The van der Waals surface area contributed by atoms with Gasteiger partial charge in [0.05, 0.1) is 32.5 Å². The van der Waals surface area contributed by atoms with Crippen molar-refractivity contribution in [2.45, 2.75) is 39.4 Å². The topological polar surface area (TPSA) is 22.8 Å². The number of hydrogen-bond donors (Lipinski definition) is 0. The number of fused-ring (bicyclic) bond motifs is 9. The Labute approximate surface area is 343 Å². The molecule has 7 aromatic carbocycles. The fourth-order valence-corrected chi connectivity index (χ4v) is 10.6. The number of hydrogen-bond acceptors (Lipinski definition) is 2. The predicted octanol–water partition coefficient (Wildman–Crippen LogP) is 13.8. The molecule has 4 aliphatic rings. The second-order valence-electron chi connectivity index (χ2n) is 15.4. The fourth-order valence-electron chi connectivity index (χ4n) is 9.51. The van der Waals surface area contributed by atoms with Crippen LogP contribution in [0, 0.1) is 13.7 Å². The van der Waals surface area contributed by atoms with E-state index in [4.69, 9.17) is 8.22 Å². The summed E-state index contributed by atoms with van der Waals surface area (Å²) in [5.74, 6) is 0. The van der Waals surface area contributed by atoms with Crippen LogP contribution in [-0.2, 0) is 25.7 Å². The van der Waals surface area contributed by atoms with Gasteiger partial charge in [-0.1, -0.05) is 91.0 Å². The lowest BCUT2D eigenvalue weighted by Gasteiger charge is -2.19. The molecule has 0 saturated heterocycles. The van der Waals surface area contributed by atoms with Crippen molar-refractivity contribution in [2.75, 3.05) is 0 Å². The first kappa shape index (κ1) is 27.2. The van der Waals surface area contributed by atoms with Crippen LogP contribution in [0.1, 0.15) is 41.9 Å². The largest absolute Gasteiger partial charge is 0.309 e. The molecule has 0 radical (unpaired) electrons. The Hall–Kier alpha value is -6.49. The molecule has 0 atom stereocenters. The predicted molar refractivity (Wildman–Crippen MR) is 242 cm³/mol. The molecule has 4 bridgehead atoms. The van der Waals surface area contributed by atoms with Gasteiger partial charge in [-0.15, -0.1) is 11.3 Å². The number of rotatable bonds is 3. The number of aryl methyl sites for hydroxylation is 6. The van der Waals surface area contributed by atoms with Crippen molar-refractivity contribution in [3.63, 3.8) is 0 Å². The lowest BCUT2D eigenvalue weighted by Crippen LogP contribution is -2.06. The van der Waals surface area contributed by atoms with Gasteiger partial charge < -0.3 is 9.13 Å². The number of thiophene rings is 1. The van der Waals surface area contributed by atoms with Crippen LogP contribution in [-0.4, -0.2) is 14.1 Å². The number of pyridine rings is 1. The highest BCUT2D eigenvalue weighted by molar-refractivity contribution is 7.26. The Kier molecular flexibility index (Phi) is 5.96. The minimum absolute atomic E-state index is 0.153. The average molecular weight is 756 g/mol. The van der Waals surface area contributed by atoms with Gasteiger partial charge in [-0.25, -0.2) is 0 Å². The third-order valence-corrected chi connectivity index (χ3v) is 13.4. The zero-order chi connectivity index (χ0) is 42.8. The first-order valence-electron chi connectivity index (χ1n) is 22.6. The van der Waals surface area contributed by atoms with E-state index in [2.05, 4.69) is 154 Å². The molecule has 0 amide bonds. The quantitative estimate of drug-likeness (QED) is 0.176. The number of para-hydroxylation sites is 3. The van der Waals surface area contributed by atoms with Crippen LogP contribution in [0.25, 0.3) is 86.3 Å². The molecule has 0 fully saturated rings. The molecule has 272 valence electrons. The van der Waals surface area contributed by atoms with E-state index in [-0.39, 0.29) is 11.4 Å². The molecule has 11 aromatic rings. The Bertz CT molecular complexity index is 3630. The minimum atomic E-state index is -2.55. The summed E-state index contributed by atoms with van der Waals surface area (Å²) >= 11 is 1.36. The molecule has 57 heavy (non-hydrogen) atoms. The zero-order valence-corrected chi connectivity index (χ0v) is 31.8. The van der Waals surface area contributed by atoms with Gasteiger partial charge in [-0.2, -0.15) is 0 Å². The van der Waals surface area contributed by atoms with Gasteiger partial charge in [0, 0.05) is 62.3 Å². The normalized spacial score (nSPS) is 15.2. The van der Waals surface area contributed by atoms with Gasteiger partial charge in [0.2, 0.25) is 0 Å². The summed E-state index contributed by atoms with van der Waals surface area (Å²) in [6.45, 7) is -5.10. The lowest BCUT2D eigenvalue weighted by molar-refractivity contribution is 0.910. The van der Waals surface area contributed by atoms with Gasteiger partial charge in [-0.3, -0.25) is 4.98 Å². The van der Waals surface area contributed by atoms with E-state index < -0.39 is 13.7 Å². The zero-order valence-electron chi connectivity index (χ0n) is 37.0. The molecule has 3 nitrogen and oxygen atoms in total. The number of aromatic nitrogens is 3. The van der Waals surface area contributed by atoms with Crippen LogP contribution in [0.4, 0.5) is 0 Å². The van der Waals surface area contributed by atoms with Crippen molar-refractivity contribution >= 4 is 75.1 Å². The molecule has 0 unspecified atom stereocenters. The second kappa shape index (κ2) is 12.5. The highest BCUT2D eigenvalue weighted by Crippen LogP contribution is 2.41. The molecule has 0 saturated carbocycles. The van der Waals surface area contributed by atoms with E-state index in [9.17, 15) is 0 Å². The van der Waals surface area contributed by atoms with E-state index in [0.29, 0.717) is 10.1 Å². The van der Waals surface area contributed by atoms with E-state index in [1.165, 1.54) is 82.9 Å².